The lowest BCUT2D eigenvalue weighted by Gasteiger charge is -2.62. The molecule has 1 heterocycles. The van der Waals surface area contributed by atoms with E-state index in [1.54, 1.807) is 7.11 Å². The highest BCUT2D eigenvalue weighted by Gasteiger charge is 2.76. The summed E-state index contributed by atoms with van der Waals surface area (Å²) in [6, 6.07) is 0. The van der Waals surface area contributed by atoms with Gasteiger partial charge in [0.2, 0.25) is 0 Å². The molecular formula is C21H32O6. The van der Waals surface area contributed by atoms with Gasteiger partial charge in [-0.05, 0) is 29.7 Å². The van der Waals surface area contributed by atoms with E-state index in [1.807, 2.05) is 6.08 Å². The molecule has 0 aromatic rings. The monoisotopic (exact) mass is 380 g/mol. The quantitative estimate of drug-likeness (QED) is 0.571. The molecule has 0 radical (unpaired) electrons. The minimum atomic E-state index is -0.783. The van der Waals surface area contributed by atoms with Crippen LogP contribution >= 0.6 is 0 Å². The van der Waals surface area contributed by atoms with Crippen molar-refractivity contribution in [2.75, 3.05) is 27.4 Å². The van der Waals surface area contributed by atoms with E-state index in [1.165, 1.54) is 7.11 Å². The van der Waals surface area contributed by atoms with E-state index in [9.17, 15) is 15.0 Å². The van der Waals surface area contributed by atoms with Crippen molar-refractivity contribution in [2.24, 2.45) is 46.8 Å². The highest BCUT2D eigenvalue weighted by Crippen LogP contribution is 2.71. The predicted octanol–water partition coefficient (Wildman–Crippen LogP) is 1.60. The highest BCUT2D eigenvalue weighted by molar-refractivity contribution is 5.74. The number of aliphatic hydroxyl groups is 2. The van der Waals surface area contributed by atoms with Crippen LogP contribution in [0.2, 0.25) is 0 Å². The lowest BCUT2D eigenvalue weighted by molar-refractivity contribution is -0.359. The summed E-state index contributed by atoms with van der Waals surface area (Å²) in [4.78, 5) is 12.7. The Morgan fingerprint density at radius 1 is 1.37 bits per heavy atom. The first-order valence-electron chi connectivity index (χ1n) is 10.0. The van der Waals surface area contributed by atoms with E-state index in [0.29, 0.717) is 6.61 Å². The predicted molar refractivity (Wildman–Crippen MR) is 97.4 cm³/mol. The van der Waals surface area contributed by atoms with Crippen LogP contribution in [0.25, 0.3) is 0 Å². The average Bonchev–Trinajstić information content (AvgIpc) is 2.89. The molecule has 4 aliphatic rings. The standard InChI is InChI=1S/C21H32O6/c1-10-6-11(2)21(26-5)20(3)16(10)18(23)15-14(19(24)25-4)12(8-22)7-13(9-27-21)17(15)20/h7,10-12,14-18,22-23H,6,8-9H2,1-5H3/t10-,11+,12-,14-,15+,16-,17-,18-,20+,21+/m0/s1. The van der Waals surface area contributed by atoms with Gasteiger partial charge in [-0.25, -0.2) is 0 Å². The number of hydrogen-bond acceptors (Lipinski definition) is 6. The van der Waals surface area contributed by atoms with Crippen LogP contribution < -0.4 is 0 Å². The molecular weight excluding hydrogens is 348 g/mol. The summed E-state index contributed by atoms with van der Waals surface area (Å²) in [6.07, 6.45) is 2.23. The van der Waals surface area contributed by atoms with Gasteiger partial charge in [0.1, 0.15) is 0 Å². The SMILES string of the molecule is COC(=O)[C@@H]1[C@H]2[C@H](O)[C@@H]3[C@@H](C)C[C@@H](C)[C@@]4(OC)OCC(=C[C@H]1CO)[C@@H]2[C@@]34C. The smallest absolute Gasteiger partial charge is 0.309 e. The van der Waals surface area contributed by atoms with Crippen LogP contribution in [0.4, 0.5) is 0 Å². The molecule has 4 rings (SSSR count). The third kappa shape index (κ3) is 2.13. The summed E-state index contributed by atoms with van der Waals surface area (Å²) >= 11 is 0. The molecule has 152 valence electrons. The Balaban J connectivity index is 1.93. The zero-order valence-electron chi connectivity index (χ0n) is 16.8. The Morgan fingerprint density at radius 2 is 2.07 bits per heavy atom. The number of methoxy groups -OCH3 is 2. The van der Waals surface area contributed by atoms with Crippen LogP contribution in [0.1, 0.15) is 27.2 Å². The number of hydrogen-bond donors (Lipinski definition) is 2. The molecule has 1 aliphatic heterocycles. The lowest BCUT2D eigenvalue weighted by atomic mass is 9.51. The fraction of sp³-hybridized carbons (Fsp3) is 0.857. The molecule has 0 aromatic heterocycles. The van der Waals surface area contributed by atoms with Gasteiger partial charge in [0.25, 0.3) is 0 Å². The van der Waals surface area contributed by atoms with Crippen LogP contribution in [0.15, 0.2) is 11.6 Å². The first kappa shape index (κ1) is 19.4. The number of esters is 1. The van der Waals surface area contributed by atoms with E-state index < -0.39 is 23.2 Å². The maximum Gasteiger partial charge on any atom is 0.309 e. The zero-order chi connectivity index (χ0) is 19.7. The van der Waals surface area contributed by atoms with Gasteiger partial charge in [-0.3, -0.25) is 4.79 Å². The molecule has 3 aliphatic carbocycles. The van der Waals surface area contributed by atoms with Crippen LogP contribution in [-0.4, -0.2) is 55.5 Å². The van der Waals surface area contributed by atoms with Gasteiger partial charge in [-0.2, -0.15) is 0 Å². The number of carbonyl (C=O) groups is 1. The summed E-state index contributed by atoms with van der Waals surface area (Å²) < 4.78 is 17.6. The van der Waals surface area contributed by atoms with Crippen molar-refractivity contribution in [1.82, 2.24) is 0 Å². The van der Waals surface area contributed by atoms with Crippen molar-refractivity contribution in [3.8, 4) is 0 Å². The van der Waals surface area contributed by atoms with Crippen LogP contribution in [-0.2, 0) is 19.0 Å². The van der Waals surface area contributed by atoms with E-state index in [0.717, 1.165) is 12.0 Å². The van der Waals surface area contributed by atoms with Gasteiger partial charge in [0.05, 0.1) is 32.3 Å². The first-order chi connectivity index (χ1) is 12.8. The molecule has 3 fully saturated rings. The number of rotatable bonds is 3. The third-order valence-electron chi connectivity index (χ3n) is 8.37. The van der Waals surface area contributed by atoms with Crippen LogP contribution in [0.5, 0.6) is 0 Å². The molecule has 2 saturated carbocycles. The number of carbonyl (C=O) groups excluding carboxylic acids is 1. The molecule has 10 atom stereocenters. The summed E-state index contributed by atoms with van der Waals surface area (Å²) in [5.74, 6) is -1.96. The van der Waals surface area contributed by atoms with Gasteiger partial charge in [0, 0.05) is 30.3 Å². The second-order valence-corrected chi connectivity index (χ2v) is 9.27. The summed E-state index contributed by atoms with van der Waals surface area (Å²) in [7, 11) is 3.07. The molecule has 2 N–H and O–H groups in total. The highest BCUT2D eigenvalue weighted by atomic mass is 16.7. The van der Waals surface area contributed by atoms with Gasteiger partial charge in [-0.1, -0.05) is 26.8 Å². The van der Waals surface area contributed by atoms with Crippen molar-refractivity contribution < 1.29 is 29.2 Å². The minimum absolute atomic E-state index is 0.0247. The third-order valence-corrected chi connectivity index (χ3v) is 8.37. The number of aliphatic hydroxyl groups excluding tert-OH is 2. The number of ether oxygens (including phenoxy) is 3. The van der Waals surface area contributed by atoms with Crippen molar-refractivity contribution in [3.63, 3.8) is 0 Å². The average molecular weight is 380 g/mol. The Labute approximate surface area is 160 Å². The Kier molecular flexibility index (Phi) is 4.50. The van der Waals surface area contributed by atoms with Crippen molar-refractivity contribution in [1.29, 1.82) is 0 Å². The topological polar surface area (TPSA) is 85.2 Å². The molecule has 27 heavy (non-hydrogen) atoms. The van der Waals surface area contributed by atoms with Crippen molar-refractivity contribution >= 4 is 5.97 Å². The van der Waals surface area contributed by atoms with E-state index >= 15 is 0 Å². The molecule has 0 amide bonds. The largest absolute Gasteiger partial charge is 0.469 e. The zero-order valence-corrected chi connectivity index (χ0v) is 16.8. The van der Waals surface area contributed by atoms with Crippen LogP contribution in [0, 0.1) is 46.8 Å². The van der Waals surface area contributed by atoms with Gasteiger partial charge in [-0.15, -0.1) is 0 Å². The Morgan fingerprint density at radius 3 is 2.67 bits per heavy atom. The van der Waals surface area contributed by atoms with Gasteiger partial charge >= 0.3 is 5.97 Å². The summed E-state index contributed by atoms with van der Waals surface area (Å²) in [5.41, 5.74) is 0.636. The fourth-order valence-electron chi connectivity index (χ4n) is 7.73. The summed E-state index contributed by atoms with van der Waals surface area (Å²) in [6.45, 7) is 6.77. The second-order valence-electron chi connectivity index (χ2n) is 9.27. The molecule has 6 heteroatoms. The van der Waals surface area contributed by atoms with E-state index in [4.69, 9.17) is 14.2 Å². The lowest BCUT2D eigenvalue weighted by Crippen LogP contribution is -2.67. The maximum atomic E-state index is 12.7. The Hall–Kier alpha value is -0.950. The summed E-state index contributed by atoms with van der Waals surface area (Å²) in [5, 5.41) is 21.5. The maximum absolute atomic E-state index is 12.7. The molecule has 0 spiro atoms. The van der Waals surface area contributed by atoms with Crippen molar-refractivity contribution in [3.05, 3.63) is 11.6 Å². The van der Waals surface area contributed by atoms with E-state index in [2.05, 4.69) is 20.8 Å². The second kappa shape index (κ2) is 6.28. The van der Waals surface area contributed by atoms with E-state index in [-0.39, 0.29) is 48.1 Å². The molecule has 0 bridgehead atoms. The van der Waals surface area contributed by atoms with Crippen LogP contribution in [0.3, 0.4) is 0 Å². The Bertz CT molecular complexity index is 661. The minimum Gasteiger partial charge on any atom is -0.469 e. The molecule has 0 unspecified atom stereocenters. The molecule has 1 saturated heterocycles. The van der Waals surface area contributed by atoms with Gasteiger partial charge in [0.15, 0.2) is 5.79 Å². The normalized spacial score (nSPS) is 53.5. The molecule has 6 nitrogen and oxygen atoms in total. The fourth-order valence-corrected chi connectivity index (χ4v) is 7.73. The molecule has 0 aromatic carbocycles. The van der Waals surface area contributed by atoms with Crippen molar-refractivity contribution in [2.45, 2.75) is 39.1 Å². The first-order valence-corrected chi connectivity index (χ1v) is 10.0. The van der Waals surface area contributed by atoms with Gasteiger partial charge < -0.3 is 24.4 Å².